The van der Waals surface area contributed by atoms with Crippen LogP contribution in [0.5, 0.6) is 11.5 Å². The van der Waals surface area contributed by atoms with Gasteiger partial charge in [0.1, 0.15) is 11.5 Å². The number of hydrogen-bond acceptors (Lipinski definition) is 4. The zero-order chi connectivity index (χ0) is 20.1. The van der Waals surface area contributed by atoms with E-state index in [4.69, 9.17) is 20.3 Å². The first-order valence-corrected chi connectivity index (χ1v) is 11.2. The molecule has 0 bridgehead atoms. The summed E-state index contributed by atoms with van der Waals surface area (Å²) < 4.78 is 13.4. The van der Waals surface area contributed by atoms with Crippen LogP contribution in [0.1, 0.15) is 0 Å². The molecule has 0 aliphatic heterocycles. The second-order valence-electron chi connectivity index (χ2n) is 6.69. The average molecular weight is 399 g/mol. The second-order valence-corrected chi connectivity index (χ2v) is 9.49. The average Bonchev–Trinajstić information content (AvgIpc) is 2.77. The highest BCUT2D eigenvalue weighted by atomic mass is 28.4. The van der Waals surface area contributed by atoms with Crippen LogP contribution in [0.3, 0.4) is 0 Å². The summed E-state index contributed by atoms with van der Waals surface area (Å²) in [4.78, 5) is 0. The molecule has 4 aromatic carbocycles. The Bertz CT molecular complexity index is 965. The first-order valence-electron chi connectivity index (χ1n) is 9.36. The highest BCUT2D eigenvalue weighted by molar-refractivity contribution is 6.93. The van der Waals surface area contributed by atoms with E-state index >= 15 is 0 Å². The molecular formula is C24H22N2O2Si. The standard InChI is InChI=1S/C24H22N2O2Si/c25-19-11-15-21(16-12-19)27-29(23-7-3-1-4-8-23,24-9-5-2-6-10-24)28-22-17-13-20(26)14-18-22/h1-18H,25-26H2. The van der Waals surface area contributed by atoms with Crippen molar-refractivity contribution in [1.29, 1.82) is 0 Å². The molecule has 0 aliphatic rings. The molecule has 29 heavy (non-hydrogen) atoms. The van der Waals surface area contributed by atoms with E-state index in [1.807, 2.05) is 109 Å². The normalized spacial score (nSPS) is 11.0. The third-order valence-corrected chi connectivity index (χ3v) is 7.82. The minimum Gasteiger partial charge on any atom is -0.506 e. The smallest absolute Gasteiger partial charge is 0.506 e. The predicted molar refractivity (Wildman–Crippen MR) is 121 cm³/mol. The Kier molecular flexibility index (Phi) is 5.22. The van der Waals surface area contributed by atoms with Gasteiger partial charge in [0.15, 0.2) is 0 Å². The lowest BCUT2D eigenvalue weighted by molar-refractivity contribution is 0.417. The van der Waals surface area contributed by atoms with Crippen LogP contribution in [0, 0.1) is 0 Å². The van der Waals surface area contributed by atoms with E-state index in [0.29, 0.717) is 22.9 Å². The van der Waals surface area contributed by atoms with Gasteiger partial charge in [0.05, 0.1) is 0 Å². The van der Waals surface area contributed by atoms with Gasteiger partial charge in [-0.15, -0.1) is 0 Å². The van der Waals surface area contributed by atoms with Crippen molar-refractivity contribution in [1.82, 2.24) is 0 Å². The Morgan fingerprint density at radius 3 is 1.14 bits per heavy atom. The Labute approximate surface area is 171 Å². The molecule has 0 saturated heterocycles. The van der Waals surface area contributed by atoms with Crippen LogP contribution in [0.2, 0.25) is 0 Å². The predicted octanol–water partition coefficient (Wildman–Crippen LogP) is 3.57. The summed E-state index contributed by atoms with van der Waals surface area (Å²) >= 11 is 0. The minimum atomic E-state index is -3.15. The quantitative estimate of drug-likeness (QED) is 0.385. The van der Waals surface area contributed by atoms with E-state index in [1.54, 1.807) is 0 Å². The molecule has 5 heteroatoms. The van der Waals surface area contributed by atoms with Gasteiger partial charge in [0.2, 0.25) is 0 Å². The van der Waals surface area contributed by atoms with Crippen molar-refractivity contribution < 1.29 is 8.85 Å². The van der Waals surface area contributed by atoms with Crippen molar-refractivity contribution in [3.63, 3.8) is 0 Å². The Morgan fingerprint density at radius 1 is 0.448 bits per heavy atom. The summed E-state index contributed by atoms with van der Waals surface area (Å²) in [5.41, 5.74) is 13.1. The van der Waals surface area contributed by atoms with Crippen LogP contribution in [0.4, 0.5) is 11.4 Å². The maximum atomic E-state index is 6.69. The van der Waals surface area contributed by atoms with Crippen LogP contribution in [-0.2, 0) is 0 Å². The van der Waals surface area contributed by atoms with Gasteiger partial charge in [0, 0.05) is 21.7 Å². The number of anilines is 2. The molecule has 0 atom stereocenters. The topological polar surface area (TPSA) is 70.5 Å². The van der Waals surface area contributed by atoms with E-state index in [0.717, 1.165) is 10.4 Å². The maximum absolute atomic E-state index is 6.69. The summed E-state index contributed by atoms with van der Waals surface area (Å²) in [6.45, 7) is 0. The van der Waals surface area contributed by atoms with Crippen LogP contribution in [-0.4, -0.2) is 8.56 Å². The van der Waals surface area contributed by atoms with Gasteiger partial charge in [-0.3, -0.25) is 0 Å². The summed E-state index contributed by atoms with van der Waals surface area (Å²) in [5.74, 6) is 1.41. The third-order valence-electron chi connectivity index (χ3n) is 4.59. The van der Waals surface area contributed by atoms with Gasteiger partial charge >= 0.3 is 8.56 Å². The molecule has 4 nitrogen and oxygen atoms in total. The van der Waals surface area contributed by atoms with Crippen molar-refractivity contribution in [2.75, 3.05) is 11.5 Å². The SMILES string of the molecule is Nc1ccc(O[Si](Oc2ccc(N)cc2)(c2ccccc2)c2ccccc2)cc1. The molecule has 0 aliphatic carbocycles. The van der Waals surface area contributed by atoms with E-state index in [9.17, 15) is 0 Å². The fraction of sp³-hybridized carbons (Fsp3) is 0. The highest BCUT2D eigenvalue weighted by Crippen LogP contribution is 2.23. The fourth-order valence-corrected chi connectivity index (χ4v) is 6.19. The lowest BCUT2D eigenvalue weighted by Crippen LogP contribution is -2.68. The van der Waals surface area contributed by atoms with Gasteiger partial charge in [-0.25, -0.2) is 0 Å². The van der Waals surface area contributed by atoms with Crippen molar-refractivity contribution in [3.8, 4) is 11.5 Å². The van der Waals surface area contributed by atoms with E-state index < -0.39 is 8.56 Å². The van der Waals surface area contributed by atoms with Crippen LogP contribution < -0.4 is 30.7 Å². The summed E-state index contributed by atoms with van der Waals surface area (Å²) in [6, 6.07) is 35.0. The molecule has 0 amide bonds. The van der Waals surface area contributed by atoms with Crippen LogP contribution in [0.15, 0.2) is 109 Å². The van der Waals surface area contributed by atoms with E-state index in [1.165, 1.54) is 0 Å². The number of nitrogen functional groups attached to an aromatic ring is 2. The lowest BCUT2D eigenvalue weighted by Gasteiger charge is -2.32. The molecule has 0 saturated carbocycles. The van der Waals surface area contributed by atoms with Crippen molar-refractivity contribution in [3.05, 3.63) is 109 Å². The fourth-order valence-electron chi connectivity index (χ4n) is 3.14. The van der Waals surface area contributed by atoms with Gasteiger partial charge in [-0.2, -0.15) is 0 Å². The van der Waals surface area contributed by atoms with E-state index in [2.05, 4.69) is 0 Å². The zero-order valence-electron chi connectivity index (χ0n) is 15.9. The summed E-state index contributed by atoms with van der Waals surface area (Å²) in [6.07, 6.45) is 0. The summed E-state index contributed by atoms with van der Waals surface area (Å²) in [5, 5.41) is 2.00. The molecule has 4 N–H and O–H groups in total. The van der Waals surface area contributed by atoms with Crippen molar-refractivity contribution in [2.24, 2.45) is 0 Å². The molecular weight excluding hydrogens is 376 g/mol. The van der Waals surface area contributed by atoms with Gasteiger partial charge in [-0.05, 0) is 48.5 Å². The maximum Gasteiger partial charge on any atom is 0.531 e. The van der Waals surface area contributed by atoms with Crippen LogP contribution >= 0.6 is 0 Å². The second kappa shape index (κ2) is 8.12. The zero-order valence-corrected chi connectivity index (χ0v) is 16.9. The lowest BCUT2D eigenvalue weighted by atomic mass is 10.3. The number of rotatable bonds is 6. The third kappa shape index (κ3) is 4.10. The van der Waals surface area contributed by atoms with Gasteiger partial charge < -0.3 is 20.3 Å². The molecule has 0 unspecified atom stereocenters. The highest BCUT2D eigenvalue weighted by Gasteiger charge is 2.47. The molecule has 4 rings (SSSR count). The molecule has 0 aromatic heterocycles. The Hall–Kier alpha value is -3.70. The molecule has 0 heterocycles. The van der Waals surface area contributed by atoms with Crippen molar-refractivity contribution in [2.45, 2.75) is 0 Å². The number of hydrogen-bond donors (Lipinski definition) is 2. The first kappa shape index (κ1) is 18.7. The Balaban J connectivity index is 1.88. The Morgan fingerprint density at radius 2 is 0.793 bits per heavy atom. The van der Waals surface area contributed by atoms with Crippen LogP contribution in [0.25, 0.3) is 0 Å². The first-order chi connectivity index (χ1) is 14.2. The number of benzene rings is 4. The van der Waals surface area contributed by atoms with Gasteiger partial charge in [0.25, 0.3) is 0 Å². The number of nitrogens with two attached hydrogens (primary N) is 2. The molecule has 4 aromatic rings. The molecule has 0 spiro atoms. The van der Waals surface area contributed by atoms with Gasteiger partial charge in [-0.1, -0.05) is 60.7 Å². The minimum absolute atomic E-state index is 0.684. The monoisotopic (exact) mass is 398 g/mol. The molecule has 0 radical (unpaired) electrons. The molecule has 144 valence electrons. The largest absolute Gasteiger partial charge is 0.531 e. The summed E-state index contributed by atoms with van der Waals surface area (Å²) in [7, 11) is -3.15. The van der Waals surface area contributed by atoms with E-state index in [-0.39, 0.29) is 0 Å². The molecule has 0 fully saturated rings. The van der Waals surface area contributed by atoms with Crippen molar-refractivity contribution >= 4 is 30.3 Å².